The maximum atomic E-state index is 9.84. The molecule has 3 heteroatoms. The van der Waals surface area contributed by atoms with E-state index in [1.54, 1.807) is 13.8 Å². The molecular formula is C7H10O3. The highest BCUT2D eigenvalue weighted by Gasteiger charge is 2.03. The number of hydrogen-bond donors (Lipinski definition) is 2. The van der Waals surface area contributed by atoms with Gasteiger partial charge in [0.25, 0.3) is 0 Å². The van der Waals surface area contributed by atoms with Crippen molar-refractivity contribution in [2.75, 3.05) is 0 Å². The fraction of sp³-hybridized carbons (Fsp3) is 0.571. The number of hydrogen-bond acceptors (Lipinski definition) is 2. The summed E-state index contributed by atoms with van der Waals surface area (Å²) in [4.78, 5) is 9.84. The van der Waals surface area contributed by atoms with Gasteiger partial charge in [0, 0.05) is 5.92 Å². The summed E-state index contributed by atoms with van der Waals surface area (Å²) < 4.78 is 0. The van der Waals surface area contributed by atoms with Crippen molar-refractivity contribution in [3.8, 4) is 11.8 Å². The van der Waals surface area contributed by atoms with Gasteiger partial charge in [-0.3, -0.25) is 0 Å². The minimum absolute atomic E-state index is 0.0214. The molecule has 0 spiro atoms. The van der Waals surface area contributed by atoms with Gasteiger partial charge in [-0.1, -0.05) is 19.8 Å². The van der Waals surface area contributed by atoms with E-state index in [0.717, 1.165) is 0 Å². The normalized spacial score (nSPS) is 12.0. The molecule has 0 rings (SSSR count). The second kappa shape index (κ2) is 3.91. The summed E-state index contributed by atoms with van der Waals surface area (Å²) in [6.07, 6.45) is -0.837. The zero-order valence-electron chi connectivity index (χ0n) is 5.96. The molecule has 3 nitrogen and oxygen atoms in total. The summed E-state index contributed by atoms with van der Waals surface area (Å²) in [6, 6.07) is 0. The van der Waals surface area contributed by atoms with Crippen LogP contribution < -0.4 is 0 Å². The molecule has 0 amide bonds. The van der Waals surface area contributed by atoms with E-state index in [0.29, 0.717) is 0 Å². The van der Waals surface area contributed by atoms with Gasteiger partial charge in [0.1, 0.15) is 6.10 Å². The van der Waals surface area contributed by atoms with Crippen molar-refractivity contribution in [1.82, 2.24) is 0 Å². The first-order valence-corrected chi connectivity index (χ1v) is 2.96. The minimum atomic E-state index is -1.21. The molecule has 0 aromatic carbocycles. The van der Waals surface area contributed by atoms with Crippen LogP contribution in [0.2, 0.25) is 0 Å². The first-order valence-electron chi connectivity index (χ1n) is 2.96. The highest BCUT2D eigenvalue weighted by atomic mass is 16.4. The van der Waals surface area contributed by atoms with Crippen LogP contribution in [-0.2, 0) is 4.79 Å². The van der Waals surface area contributed by atoms with Crippen molar-refractivity contribution in [3.63, 3.8) is 0 Å². The molecule has 0 bridgehead atoms. The van der Waals surface area contributed by atoms with Gasteiger partial charge in [0.15, 0.2) is 0 Å². The maximum absolute atomic E-state index is 9.84. The molecule has 0 fully saturated rings. The van der Waals surface area contributed by atoms with Crippen LogP contribution in [0.25, 0.3) is 0 Å². The van der Waals surface area contributed by atoms with E-state index in [1.165, 1.54) is 0 Å². The van der Waals surface area contributed by atoms with Crippen LogP contribution in [0.5, 0.6) is 0 Å². The molecule has 0 aromatic heterocycles. The van der Waals surface area contributed by atoms with Crippen LogP contribution in [-0.4, -0.2) is 22.3 Å². The van der Waals surface area contributed by atoms with Crippen molar-refractivity contribution < 1.29 is 15.0 Å². The standard InChI is InChI=1S/C7H10O3/c1-5(2)6(8)3-4-7(9)10/h5-6,8H,1-2H3,(H,9,10)/t6-/m1/s1. The highest BCUT2D eigenvalue weighted by Crippen LogP contribution is 1.97. The number of carboxylic acid groups (broad SMARTS) is 1. The lowest BCUT2D eigenvalue weighted by atomic mass is 10.1. The Morgan fingerprint density at radius 2 is 2.00 bits per heavy atom. The molecule has 0 saturated carbocycles. The van der Waals surface area contributed by atoms with Crippen LogP contribution in [0.4, 0.5) is 0 Å². The molecule has 0 saturated heterocycles. The first-order chi connectivity index (χ1) is 4.54. The Balaban J connectivity index is 3.92. The summed E-state index contributed by atoms with van der Waals surface area (Å²) in [7, 11) is 0. The van der Waals surface area contributed by atoms with E-state index in [1.807, 2.05) is 5.92 Å². The first kappa shape index (κ1) is 8.99. The molecule has 56 valence electrons. The van der Waals surface area contributed by atoms with Gasteiger partial charge >= 0.3 is 5.97 Å². The van der Waals surface area contributed by atoms with Crippen LogP contribution in [0.15, 0.2) is 0 Å². The van der Waals surface area contributed by atoms with Crippen molar-refractivity contribution in [2.24, 2.45) is 5.92 Å². The van der Waals surface area contributed by atoms with Crippen molar-refractivity contribution in [1.29, 1.82) is 0 Å². The average molecular weight is 142 g/mol. The van der Waals surface area contributed by atoms with Gasteiger partial charge < -0.3 is 10.2 Å². The van der Waals surface area contributed by atoms with Gasteiger partial charge in [0.2, 0.25) is 0 Å². The van der Waals surface area contributed by atoms with Crippen LogP contribution in [0.3, 0.4) is 0 Å². The summed E-state index contributed by atoms with van der Waals surface area (Å²) in [6.45, 7) is 3.53. The fourth-order valence-corrected chi connectivity index (χ4v) is 0.302. The third-order valence-corrected chi connectivity index (χ3v) is 0.958. The van der Waals surface area contributed by atoms with Crippen molar-refractivity contribution in [2.45, 2.75) is 20.0 Å². The molecule has 0 unspecified atom stereocenters. The Morgan fingerprint density at radius 3 is 2.30 bits per heavy atom. The topological polar surface area (TPSA) is 57.5 Å². The van der Waals surface area contributed by atoms with Crippen LogP contribution in [0.1, 0.15) is 13.8 Å². The molecular weight excluding hydrogens is 132 g/mol. The Bertz CT molecular complexity index is 173. The molecule has 0 radical (unpaired) electrons. The second-order valence-electron chi connectivity index (χ2n) is 2.26. The monoisotopic (exact) mass is 142 g/mol. The summed E-state index contributed by atoms with van der Waals surface area (Å²) >= 11 is 0. The molecule has 10 heavy (non-hydrogen) atoms. The lowest BCUT2D eigenvalue weighted by Crippen LogP contribution is -2.11. The summed E-state index contributed by atoms with van der Waals surface area (Å²) in [5.41, 5.74) is 0. The lowest BCUT2D eigenvalue weighted by molar-refractivity contribution is -0.130. The quantitative estimate of drug-likeness (QED) is 0.510. The van der Waals surface area contributed by atoms with Crippen LogP contribution in [0, 0.1) is 17.8 Å². The van der Waals surface area contributed by atoms with Crippen molar-refractivity contribution >= 4 is 5.97 Å². The number of aliphatic carboxylic acids is 1. The Kier molecular flexibility index (Phi) is 3.52. The largest absolute Gasteiger partial charge is 0.472 e. The van der Waals surface area contributed by atoms with Gasteiger partial charge in [0.05, 0.1) is 0 Å². The lowest BCUT2D eigenvalue weighted by Gasteiger charge is -2.04. The molecule has 2 N–H and O–H groups in total. The molecule has 0 aliphatic heterocycles. The Hall–Kier alpha value is -1.01. The van der Waals surface area contributed by atoms with Gasteiger partial charge in [-0.25, -0.2) is 4.79 Å². The number of rotatable bonds is 1. The van der Waals surface area contributed by atoms with Crippen LogP contribution >= 0.6 is 0 Å². The number of aliphatic hydroxyl groups excluding tert-OH is 1. The molecule has 0 heterocycles. The zero-order chi connectivity index (χ0) is 8.15. The van der Waals surface area contributed by atoms with Gasteiger partial charge in [-0.15, -0.1) is 0 Å². The minimum Gasteiger partial charge on any atom is -0.472 e. The fourth-order valence-electron chi connectivity index (χ4n) is 0.302. The van der Waals surface area contributed by atoms with E-state index in [2.05, 4.69) is 5.92 Å². The Morgan fingerprint density at radius 1 is 1.50 bits per heavy atom. The predicted octanol–water partition coefficient (Wildman–Crippen LogP) is 0.0913. The third kappa shape index (κ3) is 3.93. The van der Waals surface area contributed by atoms with Gasteiger partial charge in [-0.05, 0) is 5.92 Å². The summed E-state index contributed by atoms with van der Waals surface area (Å²) in [5, 5.41) is 17.0. The third-order valence-electron chi connectivity index (χ3n) is 0.958. The second-order valence-corrected chi connectivity index (χ2v) is 2.26. The van der Waals surface area contributed by atoms with E-state index >= 15 is 0 Å². The number of carboxylic acids is 1. The van der Waals surface area contributed by atoms with E-state index in [4.69, 9.17) is 10.2 Å². The zero-order valence-corrected chi connectivity index (χ0v) is 5.96. The van der Waals surface area contributed by atoms with E-state index in [9.17, 15) is 4.79 Å². The SMILES string of the molecule is CC(C)[C@H](O)C#CC(=O)O. The van der Waals surface area contributed by atoms with Crippen molar-refractivity contribution in [3.05, 3.63) is 0 Å². The van der Waals surface area contributed by atoms with Gasteiger partial charge in [-0.2, -0.15) is 0 Å². The summed E-state index contributed by atoms with van der Waals surface area (Å²) in [5.74, 6) is 2.80. The molecule has 0 aliphatic rings. The Labute approximate surface area is 59.7 Å². The maximum Gasteiger partial charge on any atom is 0.381 e. The highest BCUT2D eigenvalue weighted by molar-refractivity contribution is 5.86. The predicted molar refractivity (Wildman–Crippen MR) is 36.3 cm³/mol. The molecule has 0 aromatic rings. The number of carbonyl (C=O) groups is 1. The number of aliphatic hydroxyl groups is 1. The average Bonchev–Trinajstić information content (AvgIpc) is 1.82. The van der Waals surface area contributed by atoms with E-state index in [-0.39, 0.29) is 5.92 Å². The van der Waals surface area contributed by atoms with E-state index < -0.39 is 12.1 Å². The molecule has 1 atom stereocenters. The molecule has 0 aliphatic carbocycles. The smallest absolute Gasteiger partial charge is 0.381 e.